The maximum absolute atomic E-state index is 13.2. The molecule has 0 saturated carbocycles. The molecule has 0 fully saturated rings. The molecule has 1 aromatic heterocycles. The van der Waals surface area contributed by atoms with Crippen molar-refractivity contribution in [1.29, 1.82) is 0 Å². The van der Waals surface area contributed by atoms with E-state index < -0.39 is 42.5 Å². The maximum Gasteiger partial charge on any atom is 0.314 e. The zero-order valence-corrected chi connectivity index (χ0v) is 19.5. The van der Waals surface area contributed by atoms with Crippen LogP contribution < -0.4 is 5.32 Å². The highest BCUT2D eigenvalue weighted by atomic mass is 19.3. The molecule has 2 unspecified atom stereocenters. The first-order chi connectivity index (χ1) is 16.6. The third kappa shape index (κ3) is 7.41. The minimum absolute atomic E-state index is 0.0494. The van der Waals surface area contributed by atoms with Crippen LogP contribution in [0.1, 0.15) is 36.3 Å². The predicted molar refractivity (Wildman–Crippen MR) is 125 cm³/mol. The lowest BCUT2D eigenvalue weighted by atomic mass is 9.82. The summed E-state index contributed by atoms with van der Waals surface area (Å²) in [6, 6.07) is 16.9. The molecule has 0 radical (unpaired) electrons. The molecule has 0 aliphatic carbocycles. The Kier molecular flexibility index (Phi) is 8.29. The van der Waals surface area contributed by atoms with E-state index in [1.54, 1.807) is 0 Å². The van der Waals surface area contributed by atoms with E-state index in [1.165, 1.54) is 13.1 Å². The van der Waals surface area contributed by atoms with Crippen LogP contribution >= 0.6 is 0 Å². The number of aliphatic hydroxyl groups is 1. The van der Waals surface area contributed by atoms with Crippen LogP contribution in [0.5, 0.6) is 0 Å². The summed E-state index contributed by atoms with van der Waals surface area (Å²) >= 11 is 0. The summed E-state index contributed by atoms with van der Waals surface area (Å²) in [6.07, 6.45) is 1.51. The SMILES string of the molecule is CC(F)(F)COC(=O)C(C)(CO)CC(Cc1ccc(-c2ccccc2)cc1)NC(=O)c1cn[nH]n1. The van der Waals surface area contributed by atoms with Gasteiger partial charge < -0.3 is 15.2 Å². The first-order valence-electron chi connectivity index (χ1n) is 11.1. The van der Waals surface area contributed by atoms with Gasteiger partial charge in [0.1, 0.15) is 0 Å². The average molecular weight is 487 g/mol. The zero-order valence-electron chi connectivity index (χ0n) is 19.5. The highest BCUT2D eigenvalue weighted by Crippen LogP contribution is 2.28. The van der Waals surface area contributed by atoms with E-state index in [-0.39, 0.29) is 12.1 Å². The lowest BCUT2D eigenvalue weighted by Gasteiger charge is -2.30. The second-order valence-corrected chi connectivity index (χ2v) is 8.86. The molecule has 0 bridgehead atoms. The Labute approximate surface area is 201 Å². The number of nitrogens with one attached hydrogen (secondary N) is 2. The molecule has 1 amide bonds. The average Bonchev–Trinajstić information content (AvgIpc) is 3.38. The Morgan fingerprint density at radius 2 is 1.74 bits per heavy atom. The summed E-state index contributed by atoms with van der Waals surface area (Å²) in [5.74, 6) is -4.70. The number of hydrogen-bond acceptors (Lipinski definition) is 6. The van der Waals surface area contributed by atoms with Gasteiger partial charge >= 0.3 is 5.97 Å². The van der Waals surface area contributed by atoms with Gasteiger partial charge in [0, 0.05) is 13.0 Å². The molecule has 1 heterocycles. The van der Waals surface area contributed by atoms with Crippen LogP contribution in [0.15, 0.2) is 60.8 Å². The summed E-state index contributed by atoms with van der Waals surface area (Å²) in [4.78, 5) is 25.2. The predicted octanol–water partition coefficient (Wildman–Crippen LogP) is 3.40. The van der Waals surface area contributed by atoms with E-state index in [4.69, 9.17) is 4.74 Å². The van der Waals surface area contributed by atoms with Crippen molar-refractivity contribution in [3.8, 4) is 11.1 Å². The van der Waals surface area contributed by atoms with E-state index in [9.17, 15) is 23.5 Å². The number of carbonyl (C=O) groups is 2. The highest BCUT2D eigenvalue weighted by Gasteiger charge is 2.39. The number of carbonyl (C=O) groups excluding carboxylic acids is 2. The number of esters is 1. The lowest BCUT2D eigenvalue weighted by molar-refractivity contribution is -0.167. The first kappa shape index (κ1) is 26.0. The highest BCUT2D eigenvalue weighted by molar-refractivity contribution is 5.92. The van der Waals surface area contributed by atoms with Gasteiger partial charge in [0.15, 0.2) is 12.3 Å². The van der Waals surface area contributed by atoms with Crippen molar-refractivity contribution in [1.82, 2.24) is 20.7 Å². The Morgan fingerprint density at radius 3 is 2.31 bits per heavy atom. The van der Waals surface area contributed by atoms with E-state index in [0.29, 0.717) is 13.3 Å². The van der Waals surface area contributed by atoms with E-state index >= 15 is 0 Å². The number of rotatable bonds is 11. The molecule has 35 heavy (non-hydrogen) atoms. The number of aromatic nitrogens is 3. The number of ether oxygens (including phenoxy) is 1. The largest absolute Gasteiger partial charge is 0.459 e. The summed E-state index contributed by atoms with van der Waals surface area (Å²) < 4.78 is 31.2. The van der Waals surface area contributed by atoms with Gasteiger partial charge in [-0.2, -0.15) is 15.4 Å². The monoisotopic (exact) mass is 486 g/mol. The van der Waals surface area contributed by atoms with Gasteiger partial charge in [0.25, 0.3) is 11.8 Å². The number of aromatic amines is 1. The van der Waals surface area contributed by atoms with Gasteiger partial charge in [-0.15, -0.1) is 0 Å². The van der Waals surface area contributed by atoms with E-state index in [1.807, 2.05) is 54.6 Å². The summed E-state index contributed by atoms with van der Waals surface area (Å²) in [7, 11) is 0. The van der Waals surface area contributed by atoms with Crippen LogP contribution in [-0.4, -0.2) is 57.6 Å². The molecule has 3 rings (SSSR count). The van der Waals surface area contributed by atoms with E-state index in [0.717, 1.165) is 16.7 Å². The Bertz CT molecular complexity index is 1100. The van der Waals surface area contributed by atoms with Crippen molar-refractivity contribution >= 4 is 11.9 Å². The lowest BCUT2D eigenvalue weighted by Crippen LogP contribution is -2.45. The molecule has 2 aromatic carbocycles. The molecular formula is C25H28F2N4O4. The van der Waals surface area contributed by atoms with Crippen molar-refractivity contribution in [3.05, 3.63) is 72.1 Å². The molecule has 0 aliphatic rings. The topological polar surface area (TPSA) is 117 Å². The minimum Gasteiger partial charge on any atom is -0.459 e. The number of halogens is 2. The number of aliphatic hydroxyl groups excluding tert-OH is 1. The molecule has 0 saturated heterocycles. The van der Waals surface area contributed by atoms with Gasteiger partial charge in [0.05, 0.1) is 18.2 Å². The van der Waals surface area contributed by atoms with Crippen molar-refractivity contribution in [2.24, 2.45) is 5.41 Å². The molecular weight excluding hydrogens is 458 g/mol. The van der Waals surface area contributed by atoms with Crippen LogP contribution in [0, 0.1) is 5.41 Å². The molecule has 8 nitrogen and oxygen atoms in total. The molecule has 3 N–H and O–H groups in total. The van der Waals surface area contributed by atoms with Crippen molar-refractivity contribution in [3.63, 3.8) is 0 Å². The fraction of sp³-hybridized carbons (Fsp3) is 0.360. The molecule has 3 aromatic rings. The van der Waals surface area contributed by atoms with E-state index in [2.05, 4.69) is 20.7 Å². The number of H-pyrrole nitrogens is 1. The smallest absolute Gasteiger partial charge is 0.314 e. The molecule has 10 heteroatoms. The Hall–Kier alpha value is -3.66. The fourth-order valence-electron chi connectivity index (χ4n) is 3.62. The molecule has 186 valence electrons. The molecule has 2 atom stereocenters. The normalized spacial score (nSPS) is 14.1. The van der Waals surface area contributed by atoms with Gasteiger partial charge in [-0.25, -0.2) is 8.78 Å². The quantitative estimate of drug-likeness (QED) is 0.358. The van der Waals surface area contributed by atoms with Crippen molar-refractivity contribution < 1.29 is 28.2 Å². The second-order valence-electron chi connectivity index (χ2n) is 8.86. The number of hydrogen-bond donors (Lipinski definition) is 3. The van der Waals surface area contributed by atoms with Crippen molar-refractivity contribution in [2.75, 3.05) is 13.2 Å². The van der Waals surface area contributed by atoms with Crippen molar-refractivity contribution in [2.45, 2.75) is 38.7 Å². The molecule has 0 spiro atoms. The Balaban J connectivity index is 1.79. The van der Waals surface area contributed by atoms with Gasteiger partial charge in [-0.3, -0.25) is 9.59 Å². The summed E-state index contributed by atoms with van der Waals surface area (Å²) in [6.45, 7) is 0.302. The fourth-order valence-corrected chi connectivity index (χ4v) is 3.62. The minimum atomic E-state index is -3.20. The van der Waals surface area contributed by atoms with Crippen LogP contribution in [0.25, 0.3) is 11.1 Å². The summed E-state index contributed by atoms with van der Waals surface area (Å²) in [5, 5.41) is 22.5. The first-order valence-corrected chi connectivity index (χ1v) is 11.1. The number of benzene rings is 2. The number of nitrogens with zero attached hydrogens (tertiary/aromatic N) is 2. The van der Waals surface area contributed by atoms with Crippen LogP contribution in [0.2, 0.25) is 0 Å². The van der Waals surface area contributed by atoms with Crippen LogP contribution in [0.4, 0.5) is 8.78 Å². The van der Waals surface area contributed by atoms with Crippen LogP contribution in [-0.2, 0) is 16.0 Å². The second kappa shape index (κ2) is 11.2. The molecule has 0 aliphatic heterocycles. The third-order valence-corrected chi connectivity index (χ3v) is 5.52. The van der Waals surface area contributed by atoms with Gasteiger partial charge in [-0.1, -0.05) is 54.6 Å². The van der Waals surface area contributed by atoms with Crippen LogP contribution in [0.3, 0.4) is 0 Å². The third-order valence-electron chi connectivity index (χ3n) is 5.52. The van der Waals surface area contributed by atoms with Gasteiger partial charge in [-0.05, 0) is 36.5 Å². The Morgan fingerprint density at radius 1 is 1.09 bits per heavy atom. The number of alkyl halides is 2. The standard InChI is InChI=1S/C25H28F2N4O4/c1-24(15-32,23(34)35-16-25(2,26)27)13-20(29-22(33)21-14-28-31-30-21)12-17-8-10-19(11-9-17)18-6-4-3-5-7-18/h3-11,14,20,32H,12-13,15-16H2,1-2H3,(H,29,33)(H,28,30,31). The van der Waals surface area contributed by atoms with Gasteiger partial charge in [0.2, 0.25) is 0 Å². The zero-order chi connectivity index (χ0) is 25.5. The maximum atomic E-state index is 13.2. The number of amides is 1. The summed E-state index contributed by atoms with van der Waals surface area (Å²) in [5.41, 5.74) is 1.47.